The number of carbonyl (C=O) groups excluding carboxylic acids is 1. The van der Waals surface area contributed by atoms with Gasteiger partial charge in [-0.25, -0.2) is 8.78 Å². The number of halogens is 4. The maximum absolute atomic E-state index is 12.6. The van der Waals surface area contributed by atoms with Crippen LogP contribution in [-0.4, -0.2) is 24.8 Å². The molecule has 18 heavy (non-hydrogen) atoms. The van der Waals surface area contributed by atoms with Gasteiger partial charge in [-0.3, -0.25) is 4.79 Å². The van der Waals surface area contributed by atoms with Crippen LogP contribution in [0.4, 0.5) is 17.6 Å². The van der Waals surface area contributed by atoms with Crippen molar-refractivity contribution in [2.45, 2.75) is 24.7 Å². The van der Waals surface area contributed by atoms with Gasteiger partial charge < -0.3 is 5.32 Å². The number of hydrogen-bond donors (Lipinski definition) is 1. The van der Waals surface area contributed by atoms with Gasteiger partial charge in [-0.05, 0) is 17.5 Å². The minimum atomic E-state index is -4.62. The molecule has 1 aromatic carbocycles. The summed E-state index contributed by atoms with van der Waals surface area (Å²) in [6.45, 7) is -0.0435. The van der Waals surface area contributed by atoms with E-state index in [1.807, 2.05) is 23.5 Å². The summed E-state index contributed by atoms with van der Waals surface area (Å²) in [5.74, 6) is -6.61. The molecule has 1 atom stereocenters. The van der Waals surface area contributed by atoms with E-state index in [9.17, 15) is 22.4 Å². The summed E-state index contributed by atoms with van der Waals surface area (Å²) in [7, 11) is 0. The summed E-state index contributed by atoms with van der Waals surface area (Å²) in [4.78, 5) is 10.9. The van der Waals surface area contributed by atoms with Gasteiger partial charge in [-0.1, -0.05) is 24.3 Å². The van der Waals surface area contributed by atoms with E-state index >= 15 is 0 Å². The van der Waals surface area contributed by atoms with Crippen molar-refractivity contribution in [1.29, 1.82) is 0 Å². The van der Waals surface area contributed by atoms with Gasteiger partial charge in [-0.2, -0.15) is 8.78 Å². The number of alkyl halides is 4. The third-order valence-corrected chi connectivity index (χ3v) is 3.05. The van der Waals surface area contributed by atoms with Crippen molar-refractivity contribution in [2.24, 2.45) is 0 Å². The van der Waals surface area contributed by atoms with Gasteiger partial charge in [0.15, 0.2) is 0 Å². The van der Waals surface area contributed by atoms with E-state index in [-0.39, 0.29) is 12.5 Å². The molecule has 0 aromatic heterocycles. The molecule has 2 rings (SSSR count). The van der Waals surface area contributed by atoms with E-state index in [1.54, 1.807) is 6.07 Å². The maximum atomic E-state index is 12.6. The smallest absolute Gasteiger partial charge is 0.350 e. The Balaban J connectivity index is 1.90. The van der Waals surface area contributed by atoms with Crippen LogP contribution in [0, 0.1) is 0 Å². The zero-order valence-corrected chi connectivity index (χ0v) is 9.30. The lowest BCUT2D eigenvalue weighted by Gasteiger charge is -2.30. The molecule has 0 spiro atoms. The highest BCUT2D eigenvalue weighted by Gasteiger charge is 2.49. The number of fused-ring (bicyclic) bond motifs is 1. The third kappa shape index (κ3) is 2.19. The van der Waals surface area contributed by atoms with E-state index in [0.29, 0.717) is 6.42 Å². The molecule has 6 heteroatoms. The Labute approximate surface area is 101 Å². The second kappa shape index (κ2) is 4.59. The molecule has 1 aromatic rings. The van der Waals surface area contributed by atoms with Crippen molar-refractivity contribution in [1.82, 2.24) is 5.32 Å². The second-order valence-corrected chi connectivity index (χ2v) is 4.23. The van der Waals surface area contributed by atoms with E-state index in [2.05, 4.69) is 0 Å². The van der Waals surface area contributed by atoms with E-state index in [0.717, 1.165) is 11.1 Å². The predicted molar refractivity (Wildman–Crippen MR) is 56.8 cm³/mol. The van der Waals surface area contributed by atoms with Crippen LogP contribution in [0.15, 0.2) is 24.3 Å². The lowest BCUT2D eigenvalue weighted by Crippen LogP contribution is -2.47. The zero-order valence-electron chi connectivity index (χ0n) is 9.30. The quantitative estimate of drug-likeness (QED) is 0.828. The van der Waals surface area contributed by atoms with Crippen LogP contribution in [0.2, 0.25) is 0 Å². The molecule has 0 fully saturated rings. The summed E-state index contributed by atoms with van der Waals surface area (Å²) in [5, 5.41) is 1.88. The molecular formula is C12H11F4NO. The van der Waals surface area contributed by atoms with Gasteiger partial charge in [-0.15, -0.1) is 0 Å². The second-order valence-electron chi connectivity index (χ2n) is 4.23. The lowest BCUT2D eigenvalue weighted by atomic mass is 9.77. The maximum Gasteiger partial charge on any atom is 0.383 e. The molecule has 2 nitrogen and oxygen atoms in total. The topological polar surface area (TPSA) is 29.1 Å². The molecule has 98 valence electrons. The van der Waals surface area contributed by atoms with E-state index in [1.165, 1.54) is 0 Å². The molecule has 0 saturated heterocycles. The number of amides is 1. The third-order valence-electron chi connectivity index (χ3n) is 3.05. The number of rotatable bonds is 4. The molecule has 1 N–H and O–H groups in total. The Morgan fingerprint density at radius 2 is 2.06 bits per heavy atom. The molecule has 1 unspecified atom stereocenters. The van der Waals surface area contributed by atoms with Gasteiger partial charge in [0.2, 0.25) is 0 Å². The number of benzene rings is 1. The lowest BCUT2D eigenvalue weighted by molar-refractivity contribution is -0.169. The van der Waals surface area contributed by atoms with Crippen molar-refractivity contribution < 1.29 is 22.4 Å². The average Bonchev–Trinajstić information content (AvgIpc) is 2.29. The molecule has 0 radical (unpaired) electrons. The average molecular weight is 261 g/mol. The summed E-state index contributed by atoms with van der Waals surface area (Å²) >= 11 is 0. The van der Waals surface area contributed by atoms with Gasteiger partial charge >= 0.3 is 12.3 Å². The van der Waals surface area contributed by atoms with Gasteiger partial charge in [0.1, 0.15) is 0 Å². The summed E-state index contributed by atoms with van der Waals surface area (Å²) in [6, 6.07) is 7.40. The highest BCUT2D eigenvalue weighted by atomic mass is 19.3. The highest BCUT2D eigenvalue weighted by Crippen LogP contribution is 2.34. The molecule has 1 aliphatic carbocycles. The summed E-state index contributed by atoms with van der Waals surface area (Å²) in [6.07, 6.45) is -3.32. The van der Waals surface area contributed by atoms with Crippen molar-refractivity contribution in [2.75, 3.05) is 6.54 Å². The Morgan fingerprint density at radius 3 is 2.67 bits per heavy atom. The monoisotopic (exact) mass is 261 g/mol. The van der Waals surface area contributed by atoms with Crippen LogP contribution < -0.4 is 5.32 Å². The fourth-order valence-electron chi connectivity index (χ4n) is 1.98. The van der Waals surface area contributed by atoms with E-state index < -0.39 is 18.3 Å². The van der Waals surface area contributed by atoms with Crippen molar-refractivity contribution in [3.05, 3.63) is 35.4 Å². The fraction of sp³-hybridized carbons (Fsp3) is 0.417. The Bertz CT molecular complexity index is 461. The van der Waals surface area contributed by atoms with E-state index in [4.69, 9.17) is 0 Å². The van der Waals surface area contributed by atoms with Crippen LogP contribution in [0.3, 0.4) is 0 Å². The molecule has 1 amide bonds. The Morgan fingerprint density at radius 1 is 1.39 bits per heavy atom. The first-order chi connectivity index (χ1) is 8.43. The number of nitrogens with one attached hydrogen (secondary N) is 1. The first-order valence-electron chi connectivity index (χ1n) is 5.45. The van der Waals surface area contributed by atoms with Crippen LogP contribution in [-0.2, 0) is 11.2 Å². The van der Waals surface area contributed by atoms with Crippen molar-refractivity contribution >= 4 is 5.91 Å². The van der Waals surface area contributed by atoms with Gasteiger partial charge in [0.25, 0.3) is 5.91 Å². The minimum Gasteiger partial charge on any atom is -0.350 e. The van der Waals surface area contributed by atoms with Crippen LogP contribution in [0.1, 0.15) is 17.0 Å². The van der Waals surface area contributed by atoms with Crippen molar-refractivity contribution in [3.8, 4) is 0 Å². The first-order valence-corrected chi connectivity index (χ1v) is 5.45. The largest absolute Gasteiger partial charge is 0.383 e. The Kier molecular flexibility index (Phi) is 3.28. The molecular weight excluding hydrogens is 250 g/mol. The fourth-order valence-corrected chi connectivity index (χ4v) is 1.98. The highest BCUT2D eigenvalue weighted by molar-refractivity contribution is 5.83. The molecule has 0 heterocycles. The summed E-state index contributed by atoms with van der Waals surface area (Å²) < 4.78 is 49.1. The van der Waals surface area contributed by atoms with Crippen LogP contribution in [0.5, 0.6) is 0 Å². The number of carbonyl (C=O) groups is 1. The van der Waals surface area contributed by atoms with Gasteiger partial charge in [0.05, 0.1) is 0 Å². The van der Waals surface area contributed by atoms with Crippen LogP contribution >= 0.6 is 0 Å². The first kappa shape index (κ1) is 12.9. The van der Waals surface area contributed by atoms with Crippen molar-refractivity contribution in [3.63, 3.8) is 0 Å². The van der Waals surface area contributed by atoms with Crippen LogP contribution in [0.25, 0.3) is 0 Å². The molecule has 0 saturated carbocycles. The number of hydrogen-bond acceptors (Lipinski definition) is 1. The Hall–Kier alpha value is -1.59. The molecule has 0 aliphatic heterocycles. The standard InChI is InChI=1S/C12H11F4NO/c13-10(14)12(15,16)11(18)17-6-8-5-7-3-1-2-4-9(7)8/h1-4,8,10H,5-6H2,(H,17,18). The normalized spacial score (nSPS) is 18.2. The predicted octanol–water partition coefficient (Wildman–Crippen LogP) is 2.34. The SMILES string of the molecule is O=C(NCC1Cc2ccccc21)C(F)(F)C(F)F. The minimum absolute atomic E-state index is 0.0435. The summed E-state index contributed by atoms with van der Waals surface area (Å²) in [5.41, 5.74) is 2.07. The molecule has 0 bridgehead atoms. The van der Waals surface area contributed by atoms with Gasteiger partial charge in [0, 0.05) is 12.5 Å². The zero-order chi connectivity index (χ0) is 13.3. The molecule has 1 aliphatic rings.